The van der Waals surface area contributed by atoms with Crippen molar-refractivity contribution in [3.8, 4) is 6.07 Å². The number of thiazole rings is 1. The molecule has 2 nitrogen and oxygen atoms in total. The third kappa shape index (κ3) is 2.30. The first kappa shape index (κ1) is 10.2. The average Bonchev–Trinajstić information content (AvgIpc) is 2.54. The van der Waals surface area contributed by atoms with Crippen molar-refractivity contribution in [2.24, 2.45) is 0 Å². The van der Waals surface area contributed by atoms with E-state index in [4.69, 9.17) is 16.9 Å². The van der Waals surface area contributed by atoms with Crippen LogP contribution in [0.4, 0.5) is 0 Å². The van der Waals surface area contributed by atoms with Gasteiger partial charge in [-0.3, -0.25) is 0 Å². The van der Waals surface area contributed by atoms with Crippen molar-refractivity contribution in [1.82, 2.24) is 4.98 Å². The Morgan fingerprint density at radius 1 is 1.77 bits per heavy atom. The molecule has 0 unspecified atom stereocenters. The van der Waals surface area contributed by atoms with E-state index in [1.807, 2.05) is 19.2 Å². The van der Waals surface area contributed by atoms with Crippen LogP contribution in [0.1, 0.15) is 24.0 Å². The number of nitrogens with zero attached hydrogens (tertiary/aromatic N) is 2. The zero-order chi connectivity index (χ0) is 9.84. The van der Waals surface area contributed by atoms with Crippen molar-refractivity contribution in [3.63, 3.8) is 0 Å². The second-order valence-electron chi connectivity index (χ2n) is 2.51. The van der Waals surface area contributed by atoms with Gasteiger partial charge < -0.3 is 0 Å². The van der Waals surface area contributed by atoms with Gasteiger partial charge in [-0.15, -0.1) is 11.3 Å². The maximum absolute atomic E-state index is 8.75. The molecule has 0 fully saturated rings. The lowest BCUT2D eigenvalue weighted by molar-refractivity contribution is 1.15. The summed E-state index contributed by atoms with van der Waals surface area (Å²) < 4.78 is 0. The summed E-state index contributed by atoms with van der Waals surface area (Å²) in [7, 11) is 0. The maximum atomic E-state index is 8.75. The van der Waals surface area contributed by atoms with E-state index in [0.717, 1.165) is 5.01 Å². The highest BCUT2D eigenvalue weighted by atomic mass is 35.5. The largest absolute Gasteiger partial charge is 0.241 e. The number of allylic oxidation sites excluding steroid dienone is 1. The molecule has 1 aromatic heterocycles. The molecule has 0 radical (unpaired) electrons. The lowest BCUT2D eigenvalue weighted by Gasteiger charge is -1.95. The lowest BCUT2D eigenvalue weighted by Crippen LogP contribution is -1.83. The van der Waals surface area contributed by atoms with Gasteiger partial charge in [0.15, 0.2) is 0 Å². The molecular weight excluding hydrogens is 204 g/mol. The van der Waals surface area contributed by atoms with Gasteiger partial charge in [-0.05, 0) is 13.3 Å². The molecule has 0 atom stereocenters. The van der Waals surface area contributed by atoms with Crippen molar-refractivity contribution in [3.05, 3.63) is 21.7 Å². The Hall–Kier alpha value is -0.850. The third-order valence-electron chi connectivity index (χ3n) is 1.60. The number of halogens is 1. The Kier molecular flexibility index (Phi) is 3.47. The van der Waals surface area contributed by atoms with Gasteiger partial charge in [0.2, 0.25) is 0 Å². The van der Waals surface area contributed by atoms with Crippen LogP contribution in [0.2, 0.25) is 0 Å². The summed E-state index contributed by atoms with van der Waals surface area (Å²) in [5.74, 6) is 0. The first-order valence-corrected chi connectivity index (χ1v) is 5.16. The van der Waals surface area contributed by atoms with Gasteiger partial charge in [0, 0.05) is 5.38 Å². The van der Waals surface area contributed by atoms with E-state index in [1.165, 1.54) is 11.3 Å². The van der Waals surface area contributed by atoms with E-state index >= 15 is 0 Å². The molecule has 0 amide bonds. The van der Waals surface area contributed by atoms with Gasteiger partial charge in [0.25, 0.3) is 0 Å². The van der Waals surface area contributed by atoms with Crippen molar-refractivity contribution in [1.29, 1.82) is 5.26 Å². The Bertz CT molecular complexity index is 373. The summed E-state index contributed by atoms with van der Waals surface area (Å²) in [5, 5.41) is 12.1. The van der Waals surface area contributed by atoms with Gasteiger partial charge in [-0.2, -0.15) is 5.26 Å². The zero-order valence-corrected chi connectivity index (χ0v) is 9.04. The second-order valence-corrected chi connectivity index (χ2v) is 3.95. The summed E-state index contributed by atoms with van der Waals surface area (Å²) >= 11 is 7.52. The topological polar surface area (TPSA) is 36.7 Å². The van der Waals surface area contributed by atoms with E-state index < -0.39 is 0 Å². The molecule has 4 heteroatoms. The quantitative estimate of drug-likeness (QED) is 0.705. The second kappa shape index (κ2) is 4.40. The smallest absolute Gasteiger partial charge is 0.0963 e. The minimum atomic E-state index is 0.481. The molecule has 0 saturated heterocycles. The summed E-state index contributed by atoms with van der Waals surface area (Å²) in [6.45, 7) is 3.82. The molecule has 68 valence electrons. The Balaban J connectivity index is 3.09. The molecule has 0 aliphatic heterocycles. The van der Waals surface area contributed by atoms with Crippen LogP contribution in [-0.2, 0) is 0 Å². The first-order valence-electron chi connectivity index (χ1n) is 3.90. The fourth-order valence-electron chi connectivity index (χ4n) is 0.902. The van der Waals surface area contributed by atoms with Crippen LogP contribution in [0.15, 0.2) is 11.0 Å². The van der Waals surface area contributed by atoms with Crippen molar-refractivity contribution >= 4 is 28.0 Å². The summed E-state index contributed by atoms with van der Waals surface area (Å²) in [6.07, 6.45) is 0.645. The molecule has 0 aromatic carbocycles. The van der Waals surface area contributed by atoms with Gasteiger partial charge >= 0.3 is 0 Å². The zero-order valence-electron chi connectivity index (χ0n) is 7.47. The van der Waals surface area contributed by atoms with E-state index in [0.29, 0.717) is 22.7 Å². The van der Waals surface area contributed by atoms with Crippen molar-refractivity contribution in [2.45, 2.75) is 20.3 Å². The van der Waals surface area contributed by atoms with Crippen molar-refractivity contribution < 1.29 is 0 Å². The summed E-state index contributed by atoms with van der Waals surface area (Å²) in [4.78, 5) is 4.20. The molecule has 1 aromatic rings. The highest BCUT2D eigenvalue weighted by Crippen LogP contribution is 2.25. The number of rotatable bonds is 2. The number of hydrogen-bond donors (Lipinski definition) is 0. The minimum Gasteiger partial charge on any atom is -0.241 e. The predicted octanol–water partition coefficient (Wildman–Crippen LogP) is 3.34. The molecule has 0 aliphatic carbocycles. The summed E-state index contributed by atoms with van der Waals surface area (Å²) in [5.41, 5.74) is 1.30. The third-order valence-corrected chi connectivity index (χ3v) is 2.79. The van der Waals surface area contributed by atoms with Crippen LogP contribution in [0.5, 0.6) is 0 Å². The molecular formula is C9H9ClN2S. The lowest BCUT2D eigenvalue weighted by atomic mass is 10.2. The van der Waals surface area contributed by atoms with Gasteiger partial charge in [-0.1, -0.05) is 18.5 Å². The van der Waals surface area contributed by atoms with Crippen LogP contribution in [0.3, 0.4) is 0 Å². The van der Waals surface area contributed by atoms with Gasteiger partial charge in [0.1, 0.15) is 0 Å². The van der Waals surface area contributed by atoms with E-state index in [1.54, 1.807) is 0 Å². The molecule has 0 saturated carbocycles. The molecule has 1 heterocycles. The van der Waals surface area contributed by atoms with Crippen LogP contribution >= 0.6 is 22.9 Å². The molecule has 13 heavy (non-hydrogen) atoms. The number of aromatic nitrogens is 1. The highest BCUT2D eigenvalue weighted by molar-refractivity contribution is 7.09. The van der Waals surface area contributed by atoms with Crippen LogP contribution < -0.4 is 0 Å². The Labute approximate surface area is 86.5 Å². The molecule has 0 spiro atoms. The first-order chi connectivity index (χ1) is 6.19. The number of hydrogen-bond acceptors (Lipinski definition) is 3. The van der Waals surface area contributed by atoms with Gasteiger partial charge in [-0.25, -0.2) is 4.98 Å². The molecule has 0 aliphatic rings. The van der Waals surface area contributed by atoms with Gasteiger partial charge in [0.05, 0.1) is 27.4 Å². The molecule has 1 rings (SSSR count). The maximum Gasteiger partial charge on any atom is 0.0963 e. The van der Waals surface area contributed by atoms with E-state index in [-0.39, 0.29) is 0 Å². The van der Waals surface area contributed by atoms with Crippen LogP contribution in [-0.4, -0.2) is 4.98 Å². The minimum absolute atomic E-state index is 0.481. The predicted molar refractivity (Wildman–Crippen MR) is 55.5 cm³/mol. The number of nitriles is 1. The normalized spacial score (nSPS) is 12.2. The fourth-order valence-corrected chi connectivity index (χ4v) is 1.84. The van der Waals surface area contributed by atoms with E-state index in [9.17, 15) is 0 Å². The number of aryl methyl sites for hydroxylation is 1. The van der Waals surface area contributed by atoms with Crippen LogP contribution in [0, 0.1) is 18.3 Å². The molecule has 0 bridgehead atoms. The monoisotopic (exact) mass is 212 g/mol. The standard InChI is InChI=1S/C9H9ClN2S/c1-3-7(4-11)9(10)8-5-13-6(2)12-8/h5H,3H2,1-2H3. The average molecular weight is 213 g/mol. The SMILES string of the molecule is CCC(C#N)=C(Cl)c1csc(C)n1. The van der Waals surface area contributed by atoms with Crippen molar-refractivity contribution in [2.75, 3.05) is 0 Å². The fraction of sp³-hybridized carbons (Fsp3) is 0.333. The molecule has 0 N–H and O–H groups in total. The Morgan fingerprint density at radius 3 is 2.85 bits per heavy atom. The van der Waals surface area contributed by atoms with E-state index in [2.05, 4.69) is 11.1 Å². The summed E-state index contributed by atoms with van der Waals surface area (Å²) in [6, 6.07) is 2.07. The Morgan fingerprint density at radius 2 is 2.46 bits per heavy atom. The van der Waals surface area contributed by atoms with Crippen LogP contribution in [0.25, 0.3) is 5.03 Å². The highest BCUT2D eigenvalue weighted by Gasteiger charge is 2.07.